The zero-order chi connectivity index (χ0) is 10.6. The summed E-state index contributed by atoms with van der Waals surface area (Å²) in [6, 6.07) is 5.08. The molecule has 78 valence electrons. The Kier molecular flexibility index (Phi) is 4.03. The molecule has 6 heteroatoms. The van der Waals surface area contributed by atoms with Gasteiger partial charge in [0.05, 0.1) is 11.7 Å². The monoisotopic (exact) mass is 278 g/mol. The Balaban J connectivity index is 2.74. The molecule has 0 saturated heterocycles. The van der Waals surface area contributed by atoms with Crippen LogP contribution in [0.2, 0.25) is 0 Å². The number of hydrogen-bond donors (Lipinski definition) is 1. The summed E-state index contributed by atoms with van der Waals surface area (Å²) in [4.78, 5) is 4.05. The van der Waals surface area contributed by atoms with Crippen molar-refractivity contribution >= 4 is 26.0 Å². The number of alkyl halides is 1. The Morgan fingerprint density at radius 3 is 2.79 bits per heavy atom. The summed E-state index contributed by atoms with van der Waals surface area (Å²) in [6.07, 6.45) is 1.63. The third kappa shape index (κ3) is 3.36. The van der Waals surface area contributed by atoms with Crippen molar-refractivity contribution in [1.29, 1.82) is 0 Å². The van der Waals surface area contributed by atoms with Gasteiger partial charge in [0.2, 0.25) is 10.0 Å². The maximum Gasteiger partial charge on any atom is 0.222 e. The van der Waals surface area contributed by atoms with Crippen molar-refractivity contribution in [3.63, 3.8) is 0 Å². The summed E-state index contributed by atoms with van der Waals surface area (Å²) >= 11 is 2.90. The van der Waals surface area contributed by atoms with E-state index in [1.807, 2.05) is 6.07 Å². The van der Waals surface area contributed by atoms with Crippen molar-refractivity contribution in [3.05, 3.63) is 30.1 Å². The number of nitrogens with one attached hydrogen (secondary N) is 1. The minimum atomic E-state index is -3.24. The SMILES string of the molecule is C[C@@H](NS(=O)(=O)CBr)c1ccccn1. The molecule has 1 aromatic rings. The van der Waals surface area contributed by atoms with Crippen LogP contribution < -0.4 is 4.72 Å². The van der Waals surface area contributed by atoms with Crippen LogP contribution in [-0.2, 0) is 10.0 Å². The fourth-order valence-corrected chi connectivity index (χ4v) is 2.11. The van der Waals surface area contributed by atoms with Gasteiger partial charge in [-0.15, -0.1) is 0 Å². The van der Waals surface area contributed by atoms with Gasteiger partial charge < -0.3 is 0 Å². The Labute approximate surface area is 91.9 Å². The van der Waals surface area contributed by atoms with Crippen molar-refractivity contribution in [1.82, 2.24) is 9.71 Å². The van der Waals surface area contributed by atoms with Gasteiger partial charge in [0, 0.05) is 6.20 Å². The normalized spacial score (nSPS) is 13.9. The van der Waals surface area contributed by atoms with E-state index in [-0.39, 0.29) is 10.7 Å². The van der Waals surface area contributed by atoms with E-state index in [0.717, 1.165) is 0 Å². The minimum Gasteiger partial charge on any atom is -0.260 e. The summed E-state index contributed by atoms with van der Waals surface area (Å²) in [5.74, 6) is 0. The molecule has 0 fully saturated rings. The summed E-state index contributed by atoms with van der Waals surface area (Å²) < 4.78 is 24.8. The molecule has 0 amide bonds. The average molecular weight is 279 g/mol. The molecule has 1 heterocycles. The second kappa shape index (κ2) is 4.86. The minimum absolute atomic E-state index is 0.100. The molecule has 0 aromatic carbocycles. The molecule has 0 bridgehead atoms. The molecule has 0 spiro atoms. The van der Waals surface area contributed by atoms with E-state index in [1.54, 1.807) is 25.3 Å². The van der Waals surface area contributed by atoms with Crippen LogP contribution in [-0.4, -0.2) is 18.1 Å². The lowest BCUT2D eigenvalue weighted by molar-refractivity contribution is 0.569. The summed E-state index contributed by atoms with van der Waals surface area (Å²) in [7, 11) is -3.24. The number of nitrogens with zero attached hydrogens (tertiary/aromatic N) is 1. The lowest BCUT2D eigenvalue weighted by atomic mass is 10.2. The second-order valence-corrected chi connectivity index (χ2v) is 5.87. The van der Waals surface area contributed by atoms with Crippen LogP contribution in [0.5, 0.6) is 0 Å². The molecular formula is C8H11BrN2O2S. The first kappa shape index (κ1) is 11.6. The summed E-state index contributed by atoms with van der Waals surface area (Å²) in [6.45, 7) is 1.75. The third-order valence-electron chi connectivity index (χ3n) is 1.63. The highest BCUT2D eigenvalue weighted by Gasteiger charge is 2.14. The lowest BCUT2D eigenvalue weighted by Crippen LogP contribution is -2.27. The predicted octanol–water partition coefficient (Wildman–Crippen LogP) is 1.41. The van der Waals surface area contributed by atoms with Crippen LogP contribution >= 0.6 is 15.9 Å². The molecule has 1 aromatic heterocycles. The Morgan fingerprint density at radius 2 is 2.29 bits per heavy atom. The van der Waals surface area contributed by atoms with Crippen molar-refractivity contribution < 1.29 is 8.42 Å². The Hall–Kier alpha value is -0.460. The van der Waals surface area contributed by atoms with Crippen LogP contribution in [0.15, 0.2) is 24.4 Å². The quantitative estimate of drug-likeness (QED) is 0.848. The molecule has 4 nitrogen and oxygen atoms in total. The van der Waals surface area contributed by atoms with Crippen molar-refractivity contribution in [2.45, 2.75) is 13.0 Å². The molecule has 0 aliphatic rings. The number of halogens is 1. The van der Waals surface area contributed by atoms with Crippen LogP contribution in [0.25, 0.3) is 0 Å². The van der Waals surface area contributed by atoms with E-state index in [4.69, 9.17) is 0 Å². The maximum absolute atomic E-state index is 11.2. The molecule has 0 radical (unpaired) electrons. The van der Waals surface area contributed by atoms with Gasteiger partial charge in [0.1, 0.15) is 4.66 Å². The van der Waals surface area contributed by atoms with Crippen molar-refractivity contribution in [2.75, 3.05) is 4.66 Å². The smallest absolute Gasteiger partial charge is 0.222 e. The second-order valence-electron chi connectivity index (χ2n) is 2.82. The van der Waals surface area contributed by atoms with E-state index >= 15 is 0 Å². The van der Waals surface area contributed by atoms with Crippen LogP contribution in [0.3, 0.4) is 0 Å². The van der Waals surface area contributed by atoms with Gasteiger partial charge in [0.15, 0.2) is 0 Å². The first-order chi connectivity index (χ1) is 6.55. The fraction of sp³-hybridized carbons (Fsp3) is 0.375. The molecule has 1 atom stereocenters. The molecule has 0 aliphatic carbocycles. The van der Waals surface area contributed by atoms with E-state index in [2.05, 4.69) is 25.6 Å². The summed E-state index contributed by atoms with van der Waals surface area (Å²) in [5, 5.41) is 0. The number of aromatic nitrogens is 1. The Morgan fingerprint density at radius 1 is 1.57 bits per heavy atom. The van der Waals surface area contributed by atoms with Gasteiger partial charge in [-0.1, -0.05) is 22.0 Å². The van der Waals surface area contributed by atoms with E-state index < -0.39 is 10.0 Å². The van der Waals surface area contributed by atoms with Crippen molar-refractivity contribution in [3.8, 4) is 0 Å². The third-order valence-corrected chi connectivity index (χ3v) is 4.44. The first-order valence-corrected chi connectivity index (χ1v) is 6.79. The largest absolute Gasteiger partial charge is 0.260 e. The molecule has 14 heavy (non-hydrogen) atoms. The summed E-state index contributed by atoms with van der Waals surface area (Å²) in [5.41, 5.74) is 0.706. The number of hydrogen-bond acceptors (Lipinski definition) is 3. The molecule has 0 unspecified atom stereocenters. The standard InChI is InChI=1S/C8H11BrN2O2S/c1-7(11-14(12,13)6-9)8-4-2-3-5-10-8/h2-5,7,11H,6H2,1H3/t7-/m1/s1. The molecular weight excluding hydrogens is 268 g/mol. The highest BCUT2D eigenvalue weighted by atomic mass is 79.9. The molecule has 1 N–H and O–H groups in total. The maximum atomic E-state index is 11.2. The first-order valence-electron chi connectivity index (χ1n) is 4.02. The van der Waals surface area contributed by atoms with Crippen LogP contribution in [0.4, 0.5) is 0 Å². The number of rotatable bonds is 4. The van der Waals surface area contributed by atoms with Gasteiger partial charge in [0.25, 0.3) is 0 Å². The highest BCUT2D eigenvalue weighted by molar-refractivity contribution is 9.10. The van der Waals surface area contributed by atoms with Crippen LogP contribution in [0, 0.1) is 0 Å². The van der Waals surface area contributed by atoms with E-state index in [9.17, 15) is 8.42 Å². The van der Waals surface area contributed by atoms with Gasteiger partial charge >= 0.3 is 0 Å². The predicted molar refractivity (Wildman–Crippen MR) is 58.5 cm³/mol. The Bertz CT molecular complexity index is 380. The van der Waals surface area contributed by atoms with E-state index in [1.165, 1.54) is 0 Å². The van der Waals surface area contributed by atoms with E-state index in [0.29, 0.717) is 5.69 Å². The molecule has 0 aliphatic heterocycles. The zero-order valence-electron chi connectivity index (χ0n) is 7.64. The van der Waals surface area contributed by atoms with Gasteiger partial charge in [-0.05, 0) is 19.1 Å². The van der Waals surface area contributed by atoms with Crippen molar-refractivity contribution in [2.24, 2.45) is 0 Å². The average Bonchev–Trinajstić information content (AvgIpc) is 2.19. The van der Waals surface area contributed by atoms with Gasteiger partial charge in [-0.25, -0.2) is 13.1 Å². The van der Waals surface area contributed by atoms with Gasteiger partial charge in [-0.3, -0.25) is 4.98 Å². The molecule has 0 saturated carbocycles. The topological polar surface area (TPSA) is 59.1 Å². The molecule has 1 rings (SSSR count). The highest BCUT2D eigenvalue weighted by Crippen LogP contribution is 2.09. The van der Waals surface area contributed by atoms with Gasteiger partial charge in [-0.2, -0.15) is 0 Å². The lowest BCUT2D eigenvalue weighted by Gasteiger charge is -2.11. The van der Waals surface area contributed by atoms with Crippen LogP contribution in [0.1, 0.15) is 18.7 Å². The fourth-order valence-electron chi connectivity index (χ4n) is 0.993. The number of sulfonamides is 1. The zero-order valence-corrected chi connectivity index (χ0v) is 10.0. The number of pyridine rings is 1.